The molecule has 18 heavy (non-hydrogen) atoms. The van der Waals surface area contributed by atoms with Crippen LogP contribution in [0.25, 0.3) is 0 Å². The molecule has 2 heterocycles. The Morgan fingerprint density at radius 2 is 2.28 bits per heavy atom. The minimum atomic E-state index is -0.684. The number of pyridine rings is 1. The first-order chi connectivity index (χ1) is 8.65. The molecule has 0 fully saturated rings. The summed E-state index contributed by atoms with van der Waals surface area (Å²) in [5.74, 6) is -0.130. The minimum absolute atomic E-state index is 0.0410. The summed E-state index contributed by atoms with van der Waals surface area (Å²) in [5.41, 5.74) is 0.0410. The van der Waals surface area contributed by atoms with Crippen LogP contribution in [0, 0.1) is 12.9 Å². The third-order valence-electron chi connectivity index (χ3n) is 2.15. The highest BCUT2D eigenvalue weighted by Crippen LogP contribution is 1.98. The van der Waals surface area contributed by atoms with Crippen LogP contribution in [-0.4, -0.2) is 27.6 Å². The number of rotatable bonds is 4. The molecule has 94 valence electrons. The number of amides is 1. The van der Waals surface area contributed by atoms with Crippen LogP contribution in [0.2, 0.25) is 0 Å². The highest BCUT2D eigenvalue weighted by molar-refractivity contribution is 5.92. The number of carbonyl (C=O) groups is 1. The summed E-state index contributed by atoms with van der Waals surface area (Å²) in [6, 6.07) is 4.05. The minimum Gasteiger partial charge on any atom is -0.350 e. The predicted molar refractivity (Wildman–Crippen MR) is 59.3 cm³/mol. The topological polar surface area (TPSA) is 80.9 Å². The Kier molecular flexibility index (Phi) is 3.61. The Hall–Kier alpha value is -2.31. The second-order valence-corrected chi connectivity index (χ2v) is 3.58. The van der Waals surface area contributed by atoms with Gasteiger partial charge >= 0.3 is 0 Å². The molecule has 1 N–H and O–H groups in total. The zero-order valence-corrected chi connectivity index (χ0v) is 9.68. The average Bonchev–Trinajstić information content (AvgIpc) is 2.75. The van der Waals surface area contributed by atoms with Crippen LogP contribution in [-0.2, 0) is 6.42 Å². The largest absolute Gasteiger partial charge is 0.350 e. The van der Waals surface area contributed by atoms with Gasteiger partial charge in [0.05, 0.1) is 0 Å². The van der Waals surface area contributed by atoms with Gasteiger partial charge in [0.25, 0.3) is 5.91 Å². The molecule has 0 saturated heterocycles. The lowest BCUT2D eigenvalue weighted by Crippen LogP contribution is -2.26. The summed E-state index contributed by atoms with van der Waals surface area (Å²) in [5, 5.41) is 6.28. The van der Waals surface area contributed by atoms with Crippen molar-refractivity contribution in [2.24, 2.45) is 0 Å². The summed E-state index contributed by atoms with van der Waals surface area (Å²) in [6.45, 7) is 2.02. The van der Waals surface area contributed by atoms with E-state index in [1.165, 1.54) is 18.2 Å². The normalized spacial score (nSPS) is 10.3. The van der Waals surface area contributed by atoms with Crippen molar-refractivity contribution >= 4 is 5.91 Å². The molecule has 0 bridgehead atoms. The Bertz CT molecular complexity index is 555. The molecule has 2 rings (SSSR count). The number of hydrogen-bond donors (Lipinski definition) is 1. The molecule has 1 amide bonds. The fraction of sp³-hybridized carbons (Fsp3) is 0.273. The summed E-state index contributed by atoms with van der Waals surface area (Å²) < 4.78 is 17.6. The number of nitrogens with one attached hydrogen (secondary N) is 1. The number of carbonyl (C=O) groups excluding carboxylic acids is 1. The first-order valence-electron chi connectivity index (χ1n) is 5.35. The lowest BCUT2D eigenvalue weighted by atomic mass is 10.3. The summed E-state index contributed by atoms with van der Waals surface area (Å²) in [6.07, 6.45) is 0.443. The van der Waals surface area contributed by atoms with Gasteiger partial charge in [0.1, 0.15) is 5.69 Å². The number of aromatic nitrogens is 3. The highest BCUT2D eigenvalue weighted by Gasteiger charge is 2.08. The zero-order valence-electron chi connectivity index (χ0n) is 9.68. The molecular formula is C11H11FN4O2. The fourth-order valence-corrected chi connectivity index (χ4v) is 1.36. The van der Waals surface area contributed by atoms with Crippen molar-refractivity contribution in [3.05, 3.63) is 41.6 Å². The van der Waals surface area contributed by atoms with E-state index in [1.807, 2.05) is 0 Å². The molecule has 0 radical (unpaired) electrons. The van der Waals surface area contributed by atoms with Crippen LogP contribution in [0.5, 0.6) is 0 Å². The second kappa shape index (κ2) is 5.35. The lowest BCUT2D eigenvalue weighted by Gasteiger charge is -2.02. The standard InChI is InChI=1S/C11H11FN4O2/c1-7-14-10(16-18-7)5-6-13-11(17)8-3-2-4-9(12)15-8/h2-4H,5-6H2,1H3,(H,13,17). The molecule has 2 aromatic rings. The van der Waals surface area contributed by atoms with Gasteiger partial charge in [-0.15, -0.1) is 0 Å². The molecule has 0 aromatic carbocycles. The molecular weight excluding hydrogens is 239 g/mol. The molecule has 0 unspecified atom stereocenters. The molecule has 0 spiro atoms. The monoisotopic (exact) mass is 250 g/mol. The Morgan fingerprint density at radius 1 is 1.44 bits per heavy atom. The zero-order chi connectivity index (χ0) is 13.0. The van der Waals surface area contributed by atoms with Gasteiger partial charge in [-0.2, -0.15) is 9.37 Å². The van der Waals surface area contributed by atoms with E-state index >= 15 is 0 Å². The van der Waals surface area contributed by atoms with Crippen LogP contribution < -0.4 is 5.32 Å². The van der Waals surface area contributed by atoms with Crippen molar-refractivity contribution in [3.63, 3.8) is 0 Å². The van der Waals surface area contributed by atoms with E-state index in [-0.39, 0.29) is 5.69 Å². The van der Waals surface area contributed by atoms with Crippen molar-refractivity contribution in [3.8, 4) is 0 Å². The smallest absolute Gasteiger partial charge is 0.270 e. The van der Waals surface area contributed by atoms with Gasteiger partial charge in [-0.05, 0) is 12.1 Å². The van der Waals surface area contributed by atoms with Gasteiger partial charge < -0.3 is 9.84 Å². The van der Waals surface area contributed by atoms with Crippen LogP contribution in [0.4, 0.5) is 4.39 Å². The number of aryl methyl sites for hydroxylation is 1. The van der Waals surface area contributed by atoms with Crippen molar-refractivity contribution < 1.29 is 13.7 Å². The summed E-state index contributed by atoms with van der Waals surface area (Å²) in [4.78, 5) is 19.1. The lowest BCUT2D eigenvalue weighted by molar-refractivity contribution is 0.0947. The third-order valence-corrected chi connectivity index (χ3v) is 2.15. The van der Waals surface area contributed by atoms with Crippen molar-refractivity contribution in [1.29, 1.82) is 0 Å². The highest BCUT2D eigenvalue weighted by atomic mass is 19.1. The first kappa shape index (κ1) is 12.2. The van der Waals surface area contributed by atoms with E-state index in [0.29, 0.717) is 24.7 Å². The summed E-state index contributed by atoms with van der Waals surface area (Å²) in [7, 11) is 0. The molecule has 0 aliphatic carbocycles. The third kappa shape index (κ3) is 3.09. The number of halogens is 1. The van der Waals surface area contributed by atoms with E-state index < -0.39 is 11.9 Å². The van der Waals surface area contributed by atoms with Gasteiger partial charge in [0, 0.05) is 19.9 Å². The Balaban J connectivity index is 1.85. The van der Waals surface area contributed by atoms with E-state index in [1.54, 1.807) is 6.92 Å². The maximum atomic E-state index is 12.8. The van der Waals surface area contributed by atoms with Gasteiger partial charge in [0.15, 0.2) is 5.82 Å². The molecule has 7 heteroatoms. The Labute approximate surface area is 102 Å². The van der Waals surface area contributed by atoms with E-state index in [0.717, 1.165) is 0 Å². The van der Waals surface area contributed by atoms with Crippen LogP contribution in [0.3, 0.4) is 0 Å². The van der Waals surface area contributed by atoms with Crippen molar-refractivity contribution in [2.45, 2.75) is 13.3 Å². The van der Waals surface area contributed by atoms with E-state index in [9.17, 15) is 9.18 Å². The molecule has 0 aliphatic heterocycles. The van der Waals surface area contributed by atoms with Gasteiger partial charge in [-0.3, -0.25) is 4.79 Å². The Morgan fingerprint density at radius 3 is 2.94 bits per heavy atom. The van der Waals surface area contributed by atoms with Gasteiger partial charge in [-0.25, -0.2) is 4.98 Å². The molecule has 0 aliphatic rings. The van der Waals surface area contributed by atoms with E-state index in [2.05, 4.69) is 20.4 Å². The summed E-state index contributed by atoms with van der Waals surface area (Å²) >= 11 is 0. The molecule has 0 atom stereocenters. The predicted octanol–water partition coefficient (Wildman–Crippen LogP) is 0.885. The maximum Gasteiger partial charge on any atom is 0.270 e. The quantitative estimate of drug-likeness (QED) is 0.815. The van der Waals surface area contributed by atoms with Crippen LogP contribution in [0.1, 0.15) is 22.2 Å². The van der Waals surface area contributed by atoms with Crippen LogP contribution in [0.15, 0.2) is 22.7 Å². The van der Waals surface area contributed by atoms with E-state index in [4.69, 9.17) is 4.52 Å². The molecule has 2 aromatic heterocycles. The second-order valence-electron chi connectivity index (χ2n) is 3.58. The number of hydrogen-bond acceptors (Lipinski definition) is 5. The molecule has 6 nitrogen and oxygen atoms in total. The molecule has 0 saturated carbocycles. The average molecular weight is 250 g/mol. The first-order valence-corrected chi connectivity index (χ1v) is 5.35. The SMILES string of the molecule is Cc1nc(CCNC(=O)c2cccc(F)n2)no1. The van der Waals surface area contributed by atoms with Crippen molar-refractivity contribution in [2.75, 3.05) is 6.54 Å². The van der Waals surface area contributed by atoms with Gasteiger partial charge in [0.2, 0.25) is 11.8 Å². The fourth-order valence-electron chi connectivity index (χ4n) is 1.36. The van der Waals surface area contributed by atoms with Gasteiger partial charge in [-0.1, -0.05) is 11.2 Å². The number of nitrogens with zero attached hydrogens (tertiary/aromatic N) is 3. The maximum absolute atomic E-state index is 12.8. The van der Waals surface area contributed by atoms with Crippen molar-refractivity contribution in [1.82, 2.24) is 20.4 Å². The van der Waals surface area contributed by atoms with Crippen LogP contribution >= 0.6 is 0 Å².